The first-order valence-corrected chi connectivity index (χ1v) is 7.24. The molecule has 2 N–H and O–H groups in total. The smallest absolute Gasteiger partial charge is 0.303 e. The van der Waals surface area contributed by atoms with E-state index in [0.717, 1.165) is 51.7 Å². The van der Waals surface area contributed by atoms with Crippen molar-refractivity contribution in [3.8, 4) is 0 Å². The lowest BCUT2D eigenvalue weighted by Crippen LogP contribution is -2.28. The van der Waals surface area contributed by atoms with Crippen molar-refractivity contribution in [3.63, 3.8) is 0 Å². The molecule has 1 heterocycles. The zero-order valence-corrected chi connectivity index (χ0v) is 11.5. The van der Waals surface area contributed by atoms with Gasteiger partial charge in [-0.2, -0.15) is 0 Å². The minimum atomic E-state index is -0.732. The minimum absolute atomic E-state index is 0.137. The Hall–Kier alpha value is -1.10. The molecule has 0 spiro atoms. The molecule has 0 aromatic rings. The maximum Gasteiger partial charge on any atom is 0.303 e. The summed E-state index contributed by atoms with van der Waals surface area (Å²) < 4.78 is 5.26. The van der Waals surface area contributed by atoms with Crippen molar-refractivity contribution in [2.75, 3.05) is 19.8 Å². The van der Waals surface area contributed by atoms with Crippen LogP contribution in [0.1, 0.15) is 51.4 Å². The van der Waals surface area contributed by atoms with Crippen LogP contribution in [0.3, 0.4) is 0 Å². The molecule has 0 aromatic carbocycles. The van der Waals surface area contributed by atoms with E-state index in [-0.39, 0.29) is 12.3 Å². The minimum Gasteiger partial charge on any atom is -0.481 e. The van der Waals surface area contributed by atoms with Crippen LogP contribution in [-0.2, 0) is 14.3 Å². The number of rotatable bonds is 9. The van der Waals surface area contributed by atoms with Gasteiger partial charge >= 0.3 is 5.97 Å². The van der Waals surface area contributed by atoms with Gasteiger partial charge in [0, 0.05) is 32.6 Å². The van der Waals surface area contributed by atoms with Gasteiger partial charge in [0.15, 0.2) is 0 Å². The van der Waals surface area contributed by atoms with Gasteiger partial charge < -0.3 is 15.2 Å². The maximum atomic E-state index is 11.7. The molecule has 0 bridgehead atoms. The molecular formula is C14H25NO4. The summed E-state index contributed by atoms with van der Waals surface area (Å²) >= 11 is 0. The van der Waals surface area contributed by atoms with Crippen molar-refractivity contribution in [2.24, 2.45) is 5.92 Å². The van der Waals surface area contributed by atoms with Gasteiger partial charge in [-0.05, 0) is 31.6 Å². The molecule has 19 heavy (non-hydrogen) atoms. The van der Waals surface area contributed by atoms with Crippen molar-refractivity contribution in [1.29, 1.82) is 0 Å². The average Bonchev–Trinajstić information content (AvgIpc) is 2.38. The monoisotopic (exact) mass is 271 g/mol. The summed E-state index contributed by atoms with van der Waals surface area (Å²) in [5.74, 6) is -0.119. The Balaban J connectivity index is 1.90. The predicted molar refractivity (Wildman–Crippen MR) is 71.9 cm³/mol. The first-order valence-electron chi connectivity index (χ1n) is 7.24. The van der Waals surface area contributed by atoms with E-state index >= 15 is 0 Å². The number of amides is 1. The van der Waals surface area contributed by atoms with Crippen LogP contribution in [0.2, 0.25) is 0 Å². The number of unbranched alkanes of at least 4 members (excludes halogenated alkanes) is 3. The van der Waals surface area contributed by atoms with Gasteiger partial charge in [0.2, 0.25) is 5.91 Å². The van der Waals surface area contributed by atoms with Crippen molar-refractivity contribution in [1.82, 2.24) is 5.32 Å². The highest BCUT2D eigenvalue weighted by Gasteiger charge is 2.16. The van der Waals surface area contributed by atoms with Crippen LogP contribution in [0.5, 0.6) is 0 Å². The highest BCUT2D eigenvalue weighted by molar-refractivity contribution is 5.76. The predicted octanol–water partition coefficient (Wildman–Crippen LogP) is 1.95. The van der Waals surface area contributed by atoms with Gasteiger partial charge in [-0.3, -0.25) is 9.59 Å². The molecule has 1 amide bonds. The Morgan fingerprint density at radius 3 is 2.47 bits per heavy atom. The number of nitrogens with one attached hydrogen (secondary N) is 1. The first-order chi connectivity index (χ1) is 9.18. The van der Waals surface area contributed by atoms with Crippen molar-refractivity contribution < 1.29 is 19.4 Å². The molecule has 5 heteroatoms. The van der Waals surface area contributed by atoms with Crippen LogP contribution in [0.25, 0.3) is 0 Å². The Bertz CT molecular complexity index is 275. The first kappa shape index (κ1) is 16.0. The number of carboxylic acids is 1. The number of hydrogen-bond donors (Lipinski definition) is 2. The van der Waals surface area contributed by atoms with Crippen molar-refractivity contribution >= 4 is 11.9 Å². The summed E-state index contributed by atoms with van der Waals surface area (Å²) in [5, 5.41) is 11.4. The number of aliphatic carboxylic acids is 1. The van der Waals surface area contributed by atoms with Crippen LogP contribution in [0, 0.1) is 5.92 Å². The van der Waals surface area contributed by atoms with E-state index in [9.17, 15) is 9.59 Å². The normalized spacial score (nSPS) is 16.2. The molecule has 1 aliphatic rings. The molecule has 1 saturated heterocycles. The summed E-state index contributed by atoms with van der Waals surface area (Å²) in [4.78, 5) is 22.0. The number of carbonyl (C=O) groups is 2. The highest BCUT2D eigenvalue weighted by Crippen LogP contribution is 2.17. The van der Waals surface area contributed by atoms with Crippen LogP contribution in [0.4, 0.5) is 0 Å². The average molecular weight is 271 g/mol. The topological polar surface area (TPSA) is 75.6 Å². The lowest BCUT2D eigenvalue weighted by molar-refractivity contribution is -0.137. The zero-order chi connectivity index (χ0) is 13.9. The van der Waals surface area contributed by atoms with Crippen molar-refractivity contribution in [3.05, 3.63) is 0 Å². The highest BCUT2D eigenvalue weighted by atomic mass is 16.5. The summed E-state index contributed by atoms with van der Waals surface area (Å²) in [7, 11) is 0. The Morgan fingerprint density at radius 1 is 1.11 bits per heavy atom. The third-order valence-corrected chi connectivity index (χ3v) is 3.45. The van der Waals surface area contributed by atoms with E-state index in [1.807, 2.05) is 0 Å². The summed E-state index contributed by atoms with van der Waals surface area (Å²) in [6.45, 7) is 2.26. The number of carboxylic acid groups (broad SMARTS) is 1. The van der Waals surface area contributed by atoms with Gasteiger partial charge in [0.1, 0.15) is 0 Å². The van der Waals surface area contributed by atoms with Crippen LogP contribution >= 0.6 is 0 Å². The van der Waals surface area contributed by atoms with Gasteiger partial charge in [-0.1, -0.05) is 12.8 Å². The molecule has 0 aliphatic carbocycles. The zero-order valence-electron chi connectivity index (χ0n) is 11.5. The Labute approximate surface area is 114 Å². The fraction of sp³-hybridized carbons (Fsp3) is 0.857. The molecule has 0 atom stereocenters. The van der Waals surface area contributed by atoms with E-state index in [0.29, 0.717) is 18.9 Å². The second-order valence-corrected chi connectivity index (χ2v) is 5.17. The molecule has 0 aromatic heterocycles. The Kier molecular flexibility index (Phi) is 8.21. The third-order valence-electron chi connectivity index (χ3n) is 3.45. The van der Waals surface area contributed by atoms with Gasteiger partial charge in [-0.15, -0.1) is 0 Å². The fourth-order valence-electron chi connectivity index (χ4n) is 2.27. The van der Waals surface area contributed by atoms with Gasteiger partial charge in [0.05, 0.1) is 0 Å². The summed E-state index contributed by atoms with van der Waals surface area (Å²) in [5.41, 5.74) is 0. The van der Waals surface area contributed by atoms with Crippen LogP contribution in [-0.4, -0.2) is 36.7 Å². The summed E-state index contributed by atoms with van der Waals surface area (Å²) in [6.07, 6.45) is 6.39. The van der Waals surface area contributed by atoms with E-state index in [2.05, 4.69) is 5.32 Å². The molecule has 110 valence electrons. The SMILES string of the molecule is O=C(O)CCCCCCNC(=O)CC1CCOCC1. The van der Waals surface area contributed by atoms with Gasteiger partial charge in [0.25, 0.3) is 0 Å². The molecule has 1 fully saturated rings. The number of carbonyl (C=O) groups excluding carboxylic acids is 1. The van der Waals surface area contributed by atoms with Crippen LogP contribution < -0.4 is 5.32 Å². The van der Waals surface area contributed by atoms with E-state index in [4.69, 9.17) is 9.84 Å². The lowest BCUT2D eigenvalue weighted by Gasteiger charge is -2.21. The molecule has 0 saturated carbocycles. The van der Waals surface area contributed by atoms with E-state index in [1.54, 1.807) is 0 Å². The van der Waals surface area contributed by atoms with E-state index in [1.165, 1.54) is 0 Å². The molecule has 1 aliphatic heterocycles. The molecule has 1 rings (SSSR count). The van der Waals surface area contributed by atoms with Crippen molar-refractivity contribution in [2.45, 2.75) is 51.4 Å². The molecular weight excluding hydrogens is 246 g/mol. The number of hydrogen-bond acceptors (Lipinski definition) is 3. The lowest BCUT2D eigenvalue weighted by atomic mass is 9.96. The standard InChI is InChI=1S/C14H25NO4/c16-13(11-12-6-9-19-10-7-12)15-8-4-2-1-3-5-14(17)18/h12H,1-11H2,(H,15,16)(H,17,18). The van der Waals surface area contributed by atoms with Crippen LogP contribution in [0.15, 0.2) is 0 Å². The quantitative estimate of drug-likeness (QED) is 0.628. The maximum absolute atomic E-state index is 11.7. The third kappa shape index (κ3) is 8.59. The van der Waals surface area contributed by atoms with E-state index < -0.39 is 5.97 Å². The molecule has 0 unspecified atom stereocenters. The molecule has 5 nitrogen and oxygen atoms in total. The summed E-state index contributed by atoms with van der Waals surface area (Å²) in [6, 6.07) is 0. The second-order valence-electron chi connectivity index (χ2n) is 5.17. The largest absolute Gasteiger partial charge is 0.481 e. The fourth-order valence-corrected chi connectivity index (χ4v) is 2.27. The number of ether oxygens (including phenoxy) is 1. The molecule has 0 radical (unpaired) electrons. The van der Waals surface area contributed by atoms with Gasteiger partial charge in [-0.25, -0.2) is 0 Å². The Morgan fingerprint density at radius 2 is 1.79 bits per heavy atom. The second kappa shape index (κ2) is 9.78.